The van der Waals surface area contributed by atoms with Gasteiger partial charge < -0.3 is 24.7 Å². The molecule has 2 aliphatic heterocycles. The average Bonchev–Trinajstić information content (AvgIpc) is 3.12. The van der Waals surface area contributed by atoms with Crippen LogP contribution in [0.3, 0.4) is 0 Å². The van der Waals surface area contributed by atoms with E-state index in [1.54, 1.807) is 22.7 Å². The van der Waals surface area contributed by atoms with E-state index in [1.807, 2.05) is 19.2 Å². The number of ether oxygens (including phenoxy) is 1. The number of fused-ring (bicyclic) bond motifs is 1. The molecule has 8 heteroatoms. The lowest BCUT2D eigenvalue weighted by Gasteiger charge is -2.49. The SMILES string of the molecule is COc1cc2nc(C)cn2cc1C(=O)Nc1ccc(N2CCC3(CCN3)CC2)cc1F. The van der Waals surface area contributed by atoms with Gasteiger partial charge in [0.2, 0.25) is 0 Å². The molecular weight excluding hydrogens is 397 g/mol. The number of amides is 1. The minimum atomic E-state index is -0.452. The molecule has 0 saturated carbocycles. The van der Waals surface area contributed by atoms with Crippen molar-refractivity contribution in [2.45, 2.75) is 31.7 Å². The number of anilines is 2. The third kappa shape index (κ3) is 3.61. The van der Waals surface area contributed by atoms with Gasteiger partial charge in [0.1, 0.15) is 17.2 Å². The highest BCUT2D eigenvalue weighted by Crippen LogP contribution is 2.34. The molecule has 2 fully saturated rings. The van der Waals surface area contributed by atoms with Crippen molar-refractivity contribution < 1.29 is 13.9 Å². The van der Waals surface area contributed by atoms with Crippen LogP contribution in [0, 0.1) is 12.7 Å². The summed E-state index contributed by atoms with van der Waals surface area (Å²) in [5, 5.41) is 6.23. The Kier molecular flexibility index (Phi) is 4.81. The number of rotatable bonds is 4. The highest BCUT2D eigenvalue weighted by Gasteiger charge is 2.39. The van der Waals surface area contributed by atoms with E-state index in [4.69, 9.17) is 4.74 Å². The zero-order chi connectivity index (χ0) is 21.6. The van der Waals surface area contributed by atoms with Crippen LogP contribution in [0.1, 0.15) is 35.3 Å². The summed E-state index contributed by atoms with van der Waals surface area (Å²) in [6.07, 6.45) is 6.84. The number of hydrogen-bond donors (Lipinski definition) is 2. The monoisotopic (exact) mass is 423 g/mol. The van der Waals surface area contributed by atoms with E-state index in [1.165, 1.54) is 19.6 Å². The molecule has 2 aromatic heterocycles. The fourth-order valence-corrected chi connectivity index (χ4v) is 4.57. The largest absolute Gasteiger partial charge is 0.496 e. The second kappa shape index (κ2) is 7.53. The quantitative estimate of drug-likeness (QED) is 0.673. The lowest BCUT2D eigenvalue weighted by atomic mass is 9.79. The molecule has 2 saturated heterocycles. The molecule has 31 heavy (non-hydrogen) atoms. The number of benzene rings is 1. The van der Waals surface area contributed by atoms with Crippen molar-refractivity contribution in [3.63, 3.8) is 0 Å². The van der Waals surface area contributed by atoms with E-state index in [0.717, 1.165) is 43.9 Å². The zero-order valence-electron chi connectivity index (χ0n) is 17.7. The van der Waals surface area contributed by atoms with Crippen molar-refractivity contribution in [1.29, 1.82) is 0 Å². The van der Waals surface area contributed by atoms with E-state index in [9.17, 15) is 9.18 Å². The van der Waals surface area contributed by atoms with Crippen LogP contribution in [0.4, 0.5) is 15.8 Å². The maximum Gasteiger partial charge on any atom is 0.261 e. The van der Waals surface area contributed by atoms with E-state index in [0.29, 0.717) is 22.5 Å². The molecule has 0 unspecified atom stereocenters. The Bertz CT molecular complexity index is 1140. The van der Waals surface area contributed by atoms with Gasteiger partial charge in [-0.1, -0.05) is 0 Å². The van der Waals surface area contributed by atoms with E-state index in [2.05, 4.69) is 20.5 Å². The fourth-order valence-electron chi connectivity index (χ4n) is 4.57. The van der Waals surface area contributed by atoms with Gasteiger partial charge in [0.25, 0.3) is 5.91 Å². The molecule has 4 heterocycles. The number of aromatic nitrogens is 2. The molecule has 0 bridgehead atoms. The van der Waals surface area contributed by atoms with Crippen LogP contribution < -0.4 is 20.3 Å². The predicted octanol–water partition coefficient (Wildman–Crippen LogP) is 3.38. The Balaban J connectivity index is 1.33. The number of halogens is 1. The van der Waals surface area contributed by atoms with Crippen molar-refractivity contribution in [3.05, 3.63) is 53.7 Å². The van der Waals surface area contributed by atoms with Gasteiger partial charge >= 0.3 is 0 Å². The Morgan fingerprint density at radius 3 is 2.65 bits per heavy atom. The molecule has 2 aliphatic rings. The number of carbonyl (C=O) groups is 1. The summed E-state index contributed by atoms with van der Waals surface area (Å²) < 4.78 is 22.0. The highest BCUT2D eigenvalue weighted by molar-refractivity contribution is 6.06. The van der Waals surface area contributed by atoms with Crippen molar-refractivity contribution in [2.24, 2.45) is 0 Å². The summed E-state index contributed by atoms with van der Waals surface area (Å²) in [5.74, 6) is -0.501. The second-order valence-electron chi connectivity index (χ2n) is 8.47. The Hall–Kier alpha value is -3.13. The first-order valence-electron chi connectivity index (χ1n) is 10.6. The first-order valence-corrected chi connectivity index (χ1v) is 10.6. The summed E-state index contributed by atoms with van der Waals surface area (Å²) in [4.78, 5) is 19.5. The van der Waals surface area contributed by atoms with Crippen molar-refractivity contribution >= 4 is 22.9 Å². The van der Waals surface area contributed by atoms with Gasteiger partial charge in [-0.3, -0.25) is 4.79 Å². The number of piperidine rings is 1. The van der Waals surface area contributed by atoms with Crippen molar-refractivity contribution in [2.75, 3.05) is 37.0 Å². The lowest BCUT2D eigenvalue weighted by molar-refractivity contribution is 0.102. The molecular formula is C23H26FN5O2. The molecule has 1 aromatic carbocycles. The van der Waals surface area contributed by atoms with Gasteiger partial charge in [0.15, 0.2) is 0 Å². The van der Waals surface area contributed by atoms with E-state index >= 15 is 0 Å². The maximum atomic E-state index is 14.8. The molecule has 7 nitrogen and oxygen atoms in total. The van der Waals surface area contributed by atoms with Crippen LogP contribution in [0.25, 0.3) is 5.65 Å². The van der Waals surface area contributed by atoms with Gasteiger partial charge in [0.05, 0.1) is 24.1 Å². The van der Waals surface area contributed by atoms with Gasteiger partial charge in [-0.05, 0) is 50.9 Å². The lowest BCUT2D eigenvalue weighted by Crippen LogP contribution is -2.61. The molecule has 1 spiro atoms. The fraction of sp³-hybridized carbons (Fsp3) is 0.391. The summed E-state index contributed by atoms with van der Waals surface area (Å²) in [6.45, 7) is 4.78. The smallest absolute Gasteiger partial charge is 0.261 e. The van der Waals surface area contributed by atoms with E-state index in [-0.39, 0.29) is 5.69 Å². The zero-order valence-corrected chi connectivity index (χ0v) is 17.7. The third-order valence-electron chi connectivity index (χ3n) is 6.53. The number of carbonyl (C=O) groups excluding carboxylic acids is 1. The first-order chi connectivity index (χ1) is 15.0. The first kappa shape index (κ1) is 19.8. The van der Waals surface area contributed by atoms with Crippen molar-refractivity contribution in [3.8, 4) is 5.75 Å². The maximum absolute atomic E-state index is 14.8. The normalized spacial score (nSPS) is 17.6. The standard InChI is InChI=1S/C23H26FN5O2/c1-15-13-29-14-17(20(31-2)12-21(29)26-15)22(30)27-19-4-3-16(11-18(19)24)28-9-6-23(7-10-28)5-8-25-23/h3-4,11-14,25H,5-10H2,1-2H3,(H,27,30). The number of pyridine rings is 1. The summed E-state index contributed by atoms with van der Waals surface area (Å²) in [6, 6.07) is 6.69. The Morgan fingerprint density at radius 1 is 1.23 bits per heavy atom. The Labute approximate surface area is 180 Å². The third-order valence-corrected chi connectivity index (χ3v) is 6.53. The molecule has 0 radical (unpaired) electrons. The van der Waals surface area contributed by atoms with Gasteiger partial charge in [-0.15, -0.1) is 0 Å². The number of aryl methyl sites for hydroxylation is 1. The van der Waals surface area contributed by atoms with Crippen LogP contribution in [0.2, 0.25) is 0 Å². The number of methoxy groups -OCH3 is 1. The second-order valence-corrected chi connectivity index (χ2v) is 8.47. The van der Waals surface area contributed by atoms with Crippen LogP contribution in [-0.2, 0) is 0 Å². The van der Waals surface area contributed by atoms with Crippen molar-refractivity contribution in [1.82, 2.24) is 14.7 Å². The average molecular weight is 423 g/mol. The number of hydrogen-bond acceptors (Lipinski definition) is 5. The Morgan fingerprint density at radius 2 is 2.00 bits per heavy atom. The number of nitrogens with zero attached hydrogens (tertiary/aromatic N) is 3. The molecule has 5 rings (SSSR count). The molecule has 0 atom stereocenters. The number of imidazole rings is 1. The summed E-state index contributed by atoms with van der Waals surface area (Å²) >= 11 is 0. The van der Waals surface area contributed by atoms with Gasteiger partial charge in [-0.25, -0.2) is 9.37 Å². The highest BCUT2D eigenvalue weighted by atomic mass is 19.1. The molecule has 3 aromatic rings. The summed E-state index contributed by atoms with van der Waals surface area (Å²) in [5.41, 5.74) is 3.12. The summed E-state index contributed by atoms with van der Waals surface area (Å²) in [7, 11) is 1.50. The molecule has 1 amide bonds. The van der Waals surface area contributed by atoms with Gasteiger partial charge in [0, 0.05) is 42.8 Å². The van der Waals surface area contributed by atoms with Crippen LogP contribution in [-0.4, -0.2) is 47.6 Å². The minimum Gasteiger partial charge on any atom is -0.496 e. The minimum absolute atomic E-state index is 0.145. The van der Waals surface area contributed by atoms with Crippen LogP contribution >= 0.6 is 0 Å². The van der Waals surface area contributed by atoms with Crippen LogP contribution in [0.15, 0.2) is 36.7 Å². The predicted molar refractivity (Wildman–Crippen MR) is 118 cm³/mol. The molecule has 0 aliphatic carbocycles. The molecule has 2 N–H and O–H groups in total. The molecule has 162 valence electrons. The van der Waals surface area contributed by atoms with Crippen LogP contribution in [0.5, 0.6) is 5.75 Å². The van der Waals surface area contributed by atoms with Gasteiger partial charge in [-0.2, -0.15) is 0 Å². The number of nitrogens with one attached hydrogen (secondary N) is 2. The van der Waals surface area contributed by atoms with E-state index < -0.39 is 11.7 Å². The topological polar surface area (TPSA) is 70.9 Å².